The van der Waals surface area contributed by atoms with Crippen LogP contribution in [0.2, 0.25) is 0 Å². The molecule has 0 fully saturated rings. The fraction of sp³-hybridized carbons (Fsp3) is 0.280. The first-order valence-electron chi connectivity index (χ1n) is 10.9. The molecule has 0 saturated carbocycles. The van der Waals surface area contributed by atoms with E-state index in [1.54, 1.807) is 12.1 Å². The average Bonchev–Trinajstić information content (AvgIpc) is 3.34. The van der Waals surface area contributed by atoms with Gasteiger partial charge in [-0.3, -0.25) is 9.59 Å². The van der Waals surface area contributed by atoms with Gasteiger partial charge in [-0.15, -0.1) is 0 Å². The van der Waals surface area contributed by atoms with Crippen molar-refractivity contribution in [3.8, 4) is 0 Å². The Morgan fingerprint density at radius 1 is 1.00 bits per heavy atom. The van der Waals surface area contributed by atoms with E-state index in [1.807, 2.05) is 30.3 Å². The molecular formula is C25H28FN3O5S. The number of likely N-dealkylation sites (N-methyl/N-ethyl adjacent to an activating group) is 1. The van der Waals surface area contributed by atoms with E-state index in [-0.39, 0.29) is 19.5 Å². The molecule has 0 aliphatic rings. The smallest absolute Gasteiger partial charge is 0.243 e. The SMILES string of the molecule is CN(CC(=O)N(Cc1ccc(F)cc1)[C@H](Cc1ccccc1)C(=O)NCc1ccco1)S(C)(=O)=O. The van der Waals surface area contributed by atoms with Crippen LogP contribution in [-0.2, 0) is 39.1 Å². The summed E-state index contributed by atoms with van der Waals surface area (Å²) in [5.74, 6) is -0.871. The van der Waals surface area contributed by atoms with Crippen LogP contribution in [0.1, 0.15) is 16.9 Å². The highest BCUT2D eigenvalue weighted by Gasteiger charge is 2.32. The first-order chi connectivity index (χ1) is 16.6. The fourth-order valence-corrected chi connectivity index (χ4v) is 3.79. The van der Waals surface area contributed by atoms with Crippen molar-refractivity contribution in [1.29, 1.82) is 0 Å². The monoisotopic (exact) mass is 501 g/mol. The second-order valence-electron chi connectivity index (χ2n) is 8.17. The summed E-state index contributed by atoms with van der Waals surface area (Å²) in [6.07, 6.45) is 2.69. The lowest BCUT2D eigenvalue weighted by molar-refractivity contribution is -0.141. The number of carbonyl (C=O) groups is 2. The minimum Gasteiger partial charge on any atom is -0.467 e. The van der Waals surface area contributed by atoms with Gasteiger partial charge in [-0.2, -0.15) is 4.31 Å². The van der Waals surface area contributed by atoms with Gasteiger partial charge < -0.3 is 14.6 Å². The Balaban J connectivity index is 1.93. The quantitative estimate of drug-likeness (QED) is 0.435. The number of furan rings is 1. The van der Waals surface area contributed by atoms with Gasteiger partial charge in [0.25, 0.3) is 0 Å². The van der Waals surface area contributed by atoms with E-state index in [0.29, 0.717) is 11.3 Å². The highest BCUT2D eigenvalue weighted by atomic mass is 32.2. The number of carbonyl (C=O) groups excluding carboxylic acids is 2. The molecule has 1 heterocycles. The maximum atomic E-state index is 13.5. The number of rotatable bonds is 11. The van der Waals surface area contributed by atoms with Gasteiger partial charge in [0.05, 0.1) is 25.6 Å². The van der Waals surface area contributed by atoms with Crippen molar-refractivity contribution >= 4 is 21.8 Å². The Hall–Kier alpha value is -3.50. The number of amides is 2. The Labute approximate surface area is 204 Å². The molecule has 0 aliphatic heterocycles. The first kappa shape index (κ1) is 26.1. The molecule has 0 radical (unpaired) electrons. The van der Waals surface area contributed by atoms with E-state index in [9.17, 15) is 22.4 Å². The fourth-order valence-electron chi connectivity index (χ4n) is 3.44. The largest absolute Gasteiger partial charge is 0.467 e. The van der Waals surface area contributed by atoms with Crippen molar-refractivity contribution in [2.24, 2.45) is 0 Å². The van der Waals surface area contributed by atoms with Crippen molar-refractivity contribution in [3.05, 3.63) is 95.7 Å². The third-order valence-corrected chi connectivity index (χ3v) is 6.74. The number of nitrogens with zero attached hydrogens (tertiary/aromatic N) is 2. The third-order valence-electron chi connectivity index (χ3n) is 5.48. The zero-order valence-electron chi connectivity index (χ0n) is 19.6. The van der Waals surface area contributed by atoms with Crippen LogP contribution in [0.5, 0.6) is 0 Å². The van der Waals surface area contributed by atoms with Gasteiger partial charge in [-0.05, 0) is 35.4 Å². The van der Waals surface area contributed by atoms with Crippen molar-refractivity contribution in [2.75, 3.05) is 19.8 Å². The summed E-state index contributed by atoms with van der Waals surface area (Å²) in [6, 6.07) is 17.2. The molecule has 35 heavy (non-hydrogen) atoms. The number of hydrogen-bond acceptors (Lipinski definition) is 5. The third kappa shape index (κ3) is 7.76. The Kier molecular flexibility index (Phi) is 8.78. The van der Waals surface area contributed by atoms with Crippen molar-refractivity contribution in [1.82, 2.24) is 14.5 Å². The number of benzene rings is 2. The predicted molar refractivity (Wildman–Crippen MR) is 129 cm³/mol. The van der Waals surface area contributed by atoms with Gasteiger partial charge in [0.2, 0.25) is 21.8 Å². The standard InChI is InChI=1S/C25H28FN3O5S/c1-28(35(2,32)33)18-24(30)29(17-20-10-12-21(26)13-11-20)23(15-19-7-4-3-5-8-19)25(31)27-16-22-9-6-14-34-22/h3-14,23H,15-18H2,1-2H3,(H,27,31)/t23-/m1/s1. The molecule has 0 unspecified atom stereocenters. The minimum absolute atomic E-state index is 0.0115. The van der Waals surface area contributed by atoms with Gasteiger partial charge in [-0.1, -0.05) is 42.5 Å². The van der Waals surface area contributed by atoms with Gasteiger partial charge in [0.15, 0.2) is 0 Å². The van der Waals surface area contributed by atoms with Crippen LogP contribution >= 0.6 is 0 Å². The molecule has 2 aromatic carbocycles. The molecule has 1 aromatic heterocycles. The molecule has 3 rings (SSSR count). The zero-order valence-corrected chi connectivity index (χ0v) is 20.4. The second kappa shape index (κ2) is 11.8. The molecule has 8 nitrogen and oxygen atoms in total. The highest BCUT2D eigenvalue weighted by molar-refractivity contribution is 7.88. The van der Waals surface area contributed by atoms with Gasteiger partial charge in [0, 0.05) is 20.0 Å². The number of hydrogen-bond donors (Lipinski definition) is 1. The zero-order chi connectivity index (χ0) is 25.4. The van der Waals surface area contributed by atoms with E-state index in [1.165, 1.54) is 42.5 Å². The lowest BCUT2D eigenvalue weighted by Crippen LogP contribution is -2.52. The van der Waals surface area contributed by atoms with Crippen LogP contribution in [0.3, 0.4) is 0 Å². The summed E-state index contributed by atoms with van der Waals surface area (Å²) < 4.78 is 43.5. The molecule has 0 spiro atoms. The minimum atomic E-state index is -3.63. The number of sulfonamides is 1. The van der Waals surface area contributed by atoms with E-state index in [2.05, 4.69) is 5.32 Å². The number of nitrogens with one attached hydrogen (secondary N) is 1. The molecule has 0 aliphatic carbocycles. The lowest BCUT2D eigenvalue weighted by Gasteiger charge is -2.32. The van der Waals surface area contributed by atoms with Crippen LogP contribution in [-0.4, -0.2) is 55.3 Å². The number of halogens is 1. The normalized spacial score (nSPS) is 12.3. The van der Waals surface area contributed by atoms with Crippen molar-refractivity contribution in [3.63, 3.8) is 0 Å². The lowest BCUT2D eigenvalue weighted by atomic mass is 10.0. The molecule has 2 amide bonds. The summed E-state index contributed by atoms with van der Waals surface area (Å²) >= 11 is 0. The summed E-state index contributed by atoms with van der Waals surface area (Å²) in [5, 5.41) is 2.80. The van der Waals surface area contributed by atoms with Crippen LogP contribution in [0.25, 0.3) is 0 Å². The molecule has 1 atom stereocenters. The summed E-state index contributed by atoms with van der Waals surface area (Å²) in [4.78, 5) is 28.1. The average molecular weight is 502 g/mol. The molecule has 1 N–H and O–H groups in total. The van der Waals surface area contributed by atoms with E-state index in [4.69, 9.17) is 4.42 Å². The van der Waals surface area contributed by atoms with Gasteiger partial charge in [0.1, 0.15) is 17.6 Å². The van der Waals surface area contributed by atoms with Crippen molar-refractivity contribution < 1.29 is 26.8 Å². The van der Waals surface area contributed by atoms with Gasteiger partial charge in [-0.25, -0.2) is 12.8 Å². The Morgan fingerprint density at radius 3 is 2.29 bits per heavy atom. The van der Waals surface area contributed by atoms with Crippen LogP contribution in [0.15, 0.2) is 77.4 Å². The molecule has 3 aromatic rings. The molecular weight excluding hydrogens is 473 g/mol. The topological polar surface area (TPSA) is 99.9 Å². The Morgan fingerprint density at radius 2 is 1.69 bits per heavy atom. The molecule has 10 heteroatoms. The maximum absolute atomic E-state index is 13.5. The molecule has 186 valence electrons. The molecule has 0 bridgehead atoms. The van der Waals surface area contributed by atoms with E-state index >= 15 is 0 Å². The summed E-state index contributed by atoms with van der Waals surface area (Å²) in [6.45, 7) is -0.335. The Bertz CT molecular complexity index is 1220. The van der Waals surface area contributed by atoms with Gasteiger partial charge >= 0.3 is 0 Å². The summed E-state index contributed by atoms with van der Waals surface area (Å²) in [5.41, 5.74) is 1.41. The van der Waals surface area contributed by atoms with E-state index < -0.39 is 40.2 Å². The van der Waals surface area contributed by atoms with E-state index in [0.717, 1.165) is 16.1 Å². The maximum Gasteiger partial charge on any atom is 0.243 e. The first-order valence-corrected chi connectivity index (χ1v) is 12.8. The predicted octanol–water partition coefficient (Wildman–Crippen LogP) is 2.57. The second-order valence-corrected chi connectivity index (χ2v) is 10.3. The van der Waals surface area contributed by atoms with Crippen LogP contribution in [0.4, 0.5) is 4.39 Å². The highest BCUT2D eigenvalue weighted by Crippen LogP contribution is 2.16. The van der Waals surface area contributed by atoms with Crippen molar-refractivity contribution in [2.45, 2.75) is 25.6 Å². The summed E-state index contributed by atoms with van der Waals surface area (Å²) in [7, 11) is -2.33. The van der Waals surface area contributed by atoms with Crippen LogP contribution < -0.4 is 5.32 Å². The van der Waals surface area contributed by atoms with Crippen LogP contribution in [0, 0.1) is 5.82 Å². The molecule has 0 saturated heterocycles.